The van der Waals surface area contributed by atoms with Gasteiger partial charge >= 0.3 is 0 Å². The van der Waals surface area contributed by atoms with Gasteiger partial charge in [-0.15, -0.1) is 5.10 Å². The molecule has 29 heavy (non-hydrogen) atoms. The van der Waals surface area contributed by atoms with Crippen LogP contribution in [0.2, 0.25) is 0 Å². The van der Waals surface area contributed by atoms with Crippen LogP contribution >= 0.6 is 0 Å². The summed E-state index contributed by atoms with van der Waals surface area (Å²) in [6.07, 6.45) is 8.07. The van der Waals surface area contributed by atoms with Crippen LogP contribution in [-0.4, -0.2) is 59.1 Å². The Hall–Kier alpha value is -2.67. The third-order valence-electron chi connectivity index (χ3n) is 5.14. The monoisotopic (exact) mass is 397 g/mol. The highest BCUT2D eigenvalue weighted by molar-refractivity contribution is 5.91. The molecule has 1 aliphatic rings. The predicted octanol–water partition coefficient (Wildman–Crippen LogP) is 3.02. The number of hydrogen-bond acceptors (Lipinski definition) is 5. The molecule has 0 saturated carbocycles. The lowest BCUT2D eigenvalue weighted by atomic mass is 10.1. The van der Waals surface area contributed by atoms with Crippen molar-refractivity contribution in [2.24, 2.45) is 5.92 Å². The van der Waals surface area contributed by atoms with E-state index < -0.39 is 0 Å². The van der Waals surface area contributed by atoms with Crippen LogP contribution in [0.4, 0.5) is 0 Å². The zero-order valence-corrected chi connectivity index (χ0v) is 17.5. The molecule has 1 N–H and O–H groups in total. The van der Waals surface area contributed by atoms with Crippen molar-refractivity contribution in [3.8, 4) is 5.75 Å². The Kier molecular flexibility index (Phi) is 7.41. The number of nitrogens with zero attached hydrogens (tertiary/aromatic N) is 4. The number of nitrogens with one attached hydrogen (secondary N) is 1. The highest BCUT2D eigenvalue weighted by atomic mass is 16.5. The Morgan fingerprint density at radius 1 is 1.31 bits per heavy atom. The zero-order valence-electron chi connectivity index (χ0n) is 17.5. The summed E-state index contributed by atoms with van der Waals surface area (Å²) in [5.74, 6) is 1.15. The Labute approximate surface area is 172 Å². The summed E-state index contributed by atoms with van der Waals surface area (Å²) in [4.78, 5) is 14.6. The third-order valence-corrected chi connectivity index (χ3v) is 5.14. The summed E-state index contributed by atoms with van der Waals surface area (Å²) < 4.78 is 7.24. The van der Waals surface area contributed by atoms with Crippen molar-refractivity contribution in [1.82, 2.24) is 25.2 Å². The van der Waals surface area contributed by atoms with Crippen LogP contribution in [-0.2, 0) is 0 Å². The van der Waals surface area contributed by atoms with Gasteiger partial charge in [-0.25, -0.2) is 4.68 Å². The predicted molar refractivity (Wildman–Crippen MR) is 114 cm³/mol. The molecule has 0 atom stereocenters. The van der Waals surface area contributed by atoms with E-state index in [1.807, 2.05) is 22.9 Å². The van der Waals surface area contributed by atoms with Gasteiger partial charge in [-0.05, 0) is 24.8 Å². The van der Waals surface area contributed by atoms with Crippen LogP contribution in [0, 0.1) is 5.92 Å². The lowest BCUT2D eigenvalue weighted by Crippen LogP contribution is -2.34. The maximum Gasteiger partial charge on any atom is 0.273 e. The highest BCUT2D eigenvalue weighted by Gasteiger charge is 2.22. The minimum Gasteiger partial charge on any atom is -0.496 e. The van der Waals surface area contributed by atoms with Gasteiger partial charge in [0.05, 0.1) is 19.3 Å². The van der Waals surface area contributed by atoms with Crippen LogP contribution < -0.4 is 10.1 Å². The number of piperidine rings is 1. The Morgan fingerprint density at radius 3 is 2.79 bits per heavy atom. The van der Waals surface area contributed by atoms with Crippen LogP contribution in [0.3, 0.4) is 0 Å². The lowest BCUT2D eigenvalue weighted by molar-refractivity contribution is 0.0944. The van der Waals surface area contributed by atoms with E-state index in [1.54, 1.807) is 13.3 Å². The molecule has 0 spiro atoms. The normalized spacial score (nSPS) is 15.9. The molecule has 156 valence electrons. The number of amides is 1. The molecular formula is C22H31N5O2. The number of benzene rings is 1. The van der Waals surface area contributed by atoms with E-state index in [-0.39, 0.29) is 5.91 Å². The summed E-state index contributed by atoms with van der Waals surface area (Å²) in [5.41, 5.74) is 1.49. The molecule has 2 aromatic rings. The summed E-state index contributed by atoms with van der Waals surface area (Å²) in [7, 11) is 1.70. The molecule has 1 aliphatic heterocycles. The molecule has 0 radical (unpaired) electrons. The number of para-hydroxylation sites is 1. The second-order valence-corrected chi connectivity index (χ2v) is 7.86. The summed E-state index contributed by atoms with van der Waals surface area (Å²) in [6.45, 7) is 7.68. The molecule has 1 amide bonds. The van der Waals surface area contributed by atoms with E-state index in [2.05, 4.69) is 52.6 Å². The third kappa shape index (κ3) is 5.90. The van der Waals surface area contributed by atoms with E-state index in [0.717, 1.165) is 43.8 Å². The van der Waals surface area contributed by atoms with Crippen LogP contribution in [0.15, 0.2) is 36.5 Å². The SMILES string of the molecule is COc1ccccc1/C=C/CN1CCC(n2cc(C(=O)NCC(C)C)nn2)CC1. The number of carbonyl (C=O) groups is 1. The number of ether oxygens (including phenoxy) is 1. The maximum atomic E-state index is 12.1. The van der Waals surface area contributed by atoms with Gasteiger partial charge in [0.15, 0.2) is 5.69 Å². The summed E-state index contributed by atoms with van der Waals surface area (Å²) >= 11 is 0. The van der Waals surface area contributed by atoms with Gasteiger partial charge in [0.2, 0.25) is 0 Å². The maximum absolute atomic E-state index is 12.1. The second kappa shape index (κ2) is 10.2. The first-order valence-corrected chi connectivity index (χ1v) is 10.3. The average Bonchev–Trinajstić information content (AvgIpc) is 3.23. The summed E-state index contributed by atoms with van der Waals surface area (Å²) in [5, 5.41) is 11.1. The molecule has 2 heterocycles. The fourth-order valence-electron chi connectivity index (χ4n) is 3.45. The molecule has 1 aromatic carbocycles. The standard InChI is InChI=1S/C22H31N5O2/c1-17(2)15-23-22(28)20-16-27(25-24-20)19-10-13-26(14-11-19)12-6-8-18-7-4-5-9-21(18)29-3/h4-9,16-17,19H,10-15H2,1-3H3,(H,23,28)/b8-6+. The first-order valence-electron chi connectivity index (χ1n) is 10.3. The van der Waals surface area contributed by atoms with Gasteiger partial charge in [0.25, 0.3) is 5.91 Å². The first-order chi connectivity index (χ1) is 14.1. The van der Waals surface area contributed by atoms with Gasteiger partial charge < -0.3 is 10.1 Å². The molecular weight excluding hydrogens is 366 g/mol. The number of hydrogen-bond donors (Lipinski definition) is 1. The van der Waals surface area contributed by atoms with Crippen molar-refractivity contribution >= 4 is 12.0 Å². The van der Waals surface area contributed by atoms with E-state index in [9.17, 15) is 4.79 Å². The fraction of sp³-hybridized carbons (Fsp3) is 0.500. The van der Waals surface area contributed by atoms with Crippen molar-refractivity contribution in [2.45, 2.75) is 32.7 Å². The number of methoxy groups -OCH3 is 1. The highest BCUT2D eigenvalue weighted by Crippen LogP contribution is 2.22. The van der Waals surface area contributed by atoms with E-state index in [4.69, 9.17) is 4.74 Å². The van der Waals surface area contributed by atoms with Crippen molar-refractivity contribution in [1.29, 1.82) is 0 Å². The van der Waals surface area contributed by atoms with Crippen molar-refractivity contribution < 1.29 is 9.53 Å². The molecule has 1 fully saturated rings. The van der Waals surface area contributed by atoms with Gasteiger partial charge in [-0.3, -0.25) is 9.69 Å². The van der Waals surface area contributed by atoms with E-state index in [1.165, 1.54) is 0 Å². The second-order valence-electron chi connectivity index (χ2n) is 7.86. The van der Waals surface area contributed by atoms with Crippen LogP contribution in [0.5, 0.6) is 5.75 Å². The Balaban J connectivity index is 1.47. The number of likely N-dealkylation sites (tertiary alicyclic amines) is 1. The smallest absolute Gasteiger partial charge is 0.273 e. The van der Waals surface area contributed by atoms with Crippen molar-refractivity contribution in [2.75, 3.05) is 33.3 Å². The minimum absolute atomic E-state index is 0.149. The van der Waals surface area contributed by atoms with Crippen molar-refractivity contribution in [3.05, 3.63) is 47.8 Å². The quantitative estimate of drug-likeness (QED) is 0.741. The zero-order chi connectivity index (χ0) is 20.6. The first kappa shape index (κ1) is 21.0. The van der Waals surface area contributed by atoms with E-state index in [0.29, 0.717) is 24.2 Å². The van der Waals surface area contributed by atoms with E-state index >= 15 is 0 Å². The molecule has 0 bridgehead atoms. The largest absolute Gasteiger partial charge is 0.496 e. The topological polar surface area (TPSA) is 72.3 Å². The fourth-order valence-corrected chi connectivity index (χ4v) is 3.45. The number of rotatable bonds is 8. The number of aromatic nitrogens is 3. The summed E-state index contributed by atoms with van der Waals surface area (Å²) in [6, 6.07) is 8.32. The van der Waals surface area contributed by atoms with Gasteiger partial charge in [0, 0.05) is 31.7 Å². The van der Waals surface area contributed by atoms with Gasteiger partial charge in [0.1, 0.15) is 5.75 Å². The Bertz CT molecular complexity index is 822. The van der Waals surface area contributed by atoms with Crippen molar-refractivity contribution in [3.63, 3.8) is 0 Å². The molecule has 0 unspecified atom stereocenters. The number of carbonyl (C=O) groups excluding carboxylic acids is 1. The molecule has 0 aliphatic carbocycles. The van der Waals surface area contributed by atoms with Crippen LogP contribution in [0.1, 0.15) is 48.8 Å². The molecule has 1 saturated heterocycles. The van der Waals surface area contributed by atoms with Crippen LogP contribution in [0.25, 0.3) is 6.08 Å². The Morgan fingerprint density at radius 2 is 2.07 bits per heavy atom. The molecule has 1 aromatic heterocycles. The molecule has 3 rings (SSSR count). The molecule has 7 nitrogen and oxygen atoms in total. The van der Waals surface area contributed by atoms with Gasteiger partial charge in [-0.1, -0.05) is 49.4 Å². The lowest BCUT2D eigenvalue weighted by Gasteiger charge is -2.30. The minimum atomic E-state index is -0.149. The molecule has 7 heteroatoms. The van der Waals surface area contributed by atoms with Gasteiger partial charge in [-0.2, -0.15) is 0 Å². The average molecular weight is 398 g/mol.